The van der Waals surface area contributed by atoms with E-state index in [2.05, 4.69) is 150 Å². The van der Waals surface area contributed by atoms with Crippen LogP contribution in [0.3, 0.4) is 0 Å². The second-order valence-electron chi connectivity index (χ2n) is 11.6. The SMILES string of the molecule is c1ccc(C2=NC(c3ccccc3)NC(c3cccc4c3C3(c5ccccc5O4)c4ccccc4-c4ccccc43)N2)cc1. The Labute approximate surface area is 256 Å². The van der Waals surface area contributed by atoms with E-state index in [1.165, 1.54) is 22.3 Å². The van der Waals surface area contributed by atoms with E-state index < -0.39 is 5.41 Å². The first-order valence-electron chi connectivity index (χ1n) is 15.1. The summed E-state index contributed by atoms with van der Waals surface area (Å²) in [5.74, 6) is 2.62. The number of rotatable bonds is 3. The van der Waals surface area contributed by atoms with Crippen LogP contribution in [0.1, 0.15) is 51.3 Å². The van der Waals surface area contributed by atoms with Gasteiger partial charge in [0.25, 0.3) is 0 Å². The molecule has 4 nitrogen and oxygen atoms in total. The molecule has 4 heteroatoms. The van der Waals surface area contributed by atoms with Gasteiger partial charge < -0.3 is 10.1 Å². The average Bonchev–Trinajstić information content (AvgIpc) is 3.39. The van der Waals surface area contributed by atoms with Crippen LogP contribution in [0.4, 0.5) is 0 Å². The van der Waals surface area contributed by atoms with Gasteiger partial charge in [0.1, 0.15) is 29.7 Å². The summed E-state index contributed by atoms with van der Waals surface area (Å²) in [4.78, 5) is 5.17. The second-order valence-corrected chi connectivity index (χ2v) is 11.6. The van der Waals surface area contributed by atoms with Gasteiger partial charge >= 0.3 is 0 Å². The monoisotopic (exact) mass is 567 g/mol. The molecule has 6 aromatic rings. The Bertz CT molecular complexity index is 2020. The summed E-state index contributed by atoms with van der Waals surface area (Å²) >= 11 is 0. The largest absolute Gasteiger partial charge is 0.457 e. The zero-order chi connectivity index (χ0) is 29.1. The third-order valence-corrected chi connectivity index (χ3v) is 9.23. The molecule has 2 unspecified atom stereocenters. The molecule has 3 aliphatic rings. The third-order valence-electron chi connectivity index (χ3n) is 9.23. The summed E-state index contributed by atoms with van der Waals surface area (Å²) < 4.78 is 6.76. The summed E-state index contributed by atoms with van der Waals surface area (Å²) in [7, 11) is 0. The molecule has 1 aliphatic carbocycles. The number of nitrogens with zero attached hydrogens (tertiary/aromatic N) is 1. The maximum atomic E-state index is 6.76. The number of amidine groups is 1. The highest BCUT2D eigenvalue weighted by molar-refractivity contribution is 5.99. The minimum absolute atomic E-state index is 0.232. The van der Waals surface area contributed by atoms with Gasteiger partial charge in [0.2, 0.25) is 0 Å². The highest BCUT2D eigenvalue weighted by Crippen LogP contribution is 2.63. The van der Waals surface area contributed by atoms with E-state index in [9.17, 15) is 0 Å². The maximum Gasteiger partial charge on any atom is 0.132 e. The fourth-order valence-corrected chi connectivity index (χ4v) is 7.46. The van der Waals surface area contributed by atoms with Crippen molar-refractivity contribution in [2.75, 3.05) is 0 Å². The summed E-state index contributed by atoms with van der Waals surface area (Å²) in [6.45, 7) is 0. The van der Waals surface area contributed by atoms with Crippen molar-refractivity contribution in [3.8, 4) is 22.6 Å². The van der Waals surface area contributed by atoms with Crippen molar-refractivity contribution in [2.45, 2.75) is 17.7 Å². The van der Waals surface area contributed by atoms with Gasteiger partial charge in [-0.1, -0.05) is 140 Å². The minimum Gasteiger partial charge on any atom is -0.457 e. The van der Waals surface area contributed by atoms with Crippen molar-refractivity contribution in [1.82, 2.24) is 10.6 Å². The van der Waals surface area contributed by atoms with Gasteiger partial charge in [0.15, 0.2) is 0 Å². The Morgan fingerprint density at radius 1 is 0.545 bits per heavy atom. The van der Waals surface area contributed by atoms with Gasteiger partial charge in [0, 0.05) is 16.7 Å². The molecule has 0 aromatic heterocycles. The van der Waals surface area contributed by atoms with Gasteiger partial charge in [-0.05, 0) is 45.5 Å². The lowest BCUT2D eigenvalue weighted by atomic mass is 9.64. The quantitative estimate of drug-likeness (QED) is 0.225. The number of benzene rings is 6. The summed E-state index contributed by atoms with van der Waals surface area (Å²) in [6.07, 6.45) is -0.474. The maximum absolute atomic E-state index is 6.76. The molecule has 2 aliphatic heterocycles. The van der Waals surface area contributed by atoms with E-state index in [1.807, 2.05) is 12.1 Å². The van der Waals surface area contributed by atoms with E-state index in [0.717, 1.165) is 45.2 Å². The lowest BCUT2D eigenvalue weighted by Gasteiger charge is -2.42. The van der Waals surface area contributed by atoms with Crippen molar-refractivity contribution in [2.24, 2.45) is 4.99 Å². The molecule has 210 valence electrons. The normalized spacial score (nSPS) is 18.6. The minimum atomic E-state index is -0.555. The first kappa shape index (κ1) is 25.1. The van der Waals surface area contributed by atoms with E-state index >= 15 is 0 Å². The Kier molecular flexibility index (Phi) is 5.59. The van der Waals surface area contributed by atoms with Crippen LogP contribution in [-0.2, 0) is 5.41 Å². The van der Waals surface area contributed by atoms with Crippen LogP contribution in [0.25, 0.3) is 11.1 Å². The molecule has 2 N–H and O–H groups in total. The number of fused-ring (bicyclic) bond motifs is 9. The molecule has 0 saturated carbocycles. The number of para-hydroxylation sites is 1. The molecule has 6 aromatic carbocycles. The van der Waals surface area contributed by atoms with Gasteiger partial charge in [-0.2, -0.15) is 0 Å². The molecule has 0 radical (unpaired) electrons. The van der Waals surface area contributed by atoms with Crippen LogP contribution in [0.2, 0.25) is 0 Å². The topological polar surface area (TPSA) is 45.7 Å². The van der Waals surface area contributed by atoms with Crippen LogP contribution in [0, 0.1) is 0 Å². The Morgan fingerprint density at radius 3 is 1.86 bits per heavy atom. The lowest BCUT2D eigenvalue weighted by Crippen LogP contribution is -2.46. The standard InChI is InChI=1S/C40H29N3O/c1-3-14-26(15-4-1)37-41-38(27-16-5-2-6-17-27)43-39(42-37)30-20-13-25-35-36(30)40(33-23-11-12-24-34(33)44-35)31-21-9-7-18-28(31)29-19-8-10-22-32(29)40/h1-25,37,39,42H,(H,41,43). The lowest BCUT2D eigenvalue weighted by molar-refractivity contribution is 0.392. The fraction of sp³-hybridized carbons (Fsp3) is 0.0750. The van der Waals surface area contributed by atoms with E-state index in [4.69, 9.17) is 9.73 Å². The molecular formula is C40H29N3O. The van der Waals surface area contributed by atoms with Gasteiger partial charge in [-0.15, -0.1) is 0 Å². The highest BCUT2D eigenvalue weighted by Gasteiger charge is 2.52. The van der Waals surface area contributed by atoms with Crippen LogP contribution in [0.15, 0.2) is 157 Å². The molecule has 0 fully saturated rings. The average molecular weight is 568 g/mol. The Hall–Kier alpha value is -5.45. The molecular weight excluding hydrogens is 538 g/mol. The van der Waals surface area contributed by atoms with E-state index in [0.29, 0.717) is 0 Å². The van der Waals surface area contributed by atoms with Gasteiger partial charge in [-0.3, -0.25) is 5.32 Å². The summed E-state index contributed by atoms with van der Waals surface area (Å²) in [6, 6.07) is 53.5. The van der Waals surface area contributed by atoms with Crippen LogP contribution in [0.5, 0.6) is 11.5 Å². The Balaban J connectivity index is 1.31. The van der Waals surface area contributed by atoms with Crippen LogP contribution < -0.4 is 15.4 Å². The molecule has 0 saturated heterocycles. The fourth-order valence-electron chi connectivity index (χ4n) is 7.46. The van der Waals surface area contributed by atoms with E-state index in [1.54, 1.807) is 0 Å². The highest BCUT2D eigenvalue weighted by atomic mass is 16.5. The number of nitrogens with one attached hydrogen (secondary N) is 2. The number of aliphatic imine (C=N–C) groups is 1. The number of hydrogen-bond donors (Lipinski definition) is 2. The molecule has 2 heterocycles. The smallest absolute Gasteiger partial charge is 0.132 e. The molecule has 9 rings (SSSR count). The zero-order valence-electron chi connectivity index (χ0n) is 23.9. The van der Waals surface area contributed by atoms with E-state index in [-0.39, 0.29) is 12.3 Å². The predicted octanol–water partition coefficient (Wildman–Crippen LogP) is 8.49. The van der Waals surface area contributed by atoms with Crippen molar-refractivity contribution in [1.29, 1.82) is 0 Å². The van der Waals surface area contributed by atoms with Crippen molar-refractivity contribution in [3.05, 3.63) is 191 Å². The third kappa shape index (κ3) is 3.58. The van der Waals surface area contributed by atoms with Crippen molar-refractivity contribution < 1.29 is 4.74 Å². The number of hydrogen-bond acceptors (Lipinski definition) is 4. The molecule has 44 heavy (non-hydrogen) atoms. The molecule has 1 spiro atoms. The molecule has 0 amide bonds. The number of ether oxygens (including phenoxy) is 1. The second kappa shape index (κ2) is 9.80. The first-order chi connectivity index (χ1) is 21.8. The van der Waals surface area contributed by atoms with Gasteiger partial charge in [-0.25, -0.2) is 4.99 Å². The Morgan fingerprint density at radius 2 is 1.14 bits per heavy atom. The molecule has 0 bridgehead atoms. The summed E-state index contributed by atoms with van der Waals surface area (Å²) in [5.41, 5.74) is 10.1. The first-order valence-corrected chi connectivity index (χ1v) is 15.1. The zero-order valence-corrected chi connectivity index (χ0v) is 23.9. The van der Waals surface area contributed by atoms with Crippen LogP contribution in [-0.4, -0.2) is 5.84 Å². The molecule has 2 atom stereocenters. The predicted molar refractivity (Wildman–Crippen MR) is 175 cm³/mol. The van der Waals surface area contributed by atoms with Crippen molar-refractivity contribution >= 4 is 5.84 Å². The summed E-state index contributed by atoms with van der Waals surface area (Å²) in [5, 5.41) is 7.66. The van der Waals surface area contributed by atoms with Gasteiger partial charge in [0.05, 0.1) is 5.41 Å². The van der Waals surface area contributed by atoms with Crippen molar-refractivity contribution in [3.63, 3.8) is 0 Å². The van der Waals surface area contributed by atoms with Crippen LogP contribution >= 0.6 is 0 Å².